The van der Waals surface area contributed by atoms with Crippen molar-refractivity contribution in [3.63, 3.8) is 0 Å². The molecule has 0 unspecified atom stereocenters. The minimum absolute atomic E-state index is 0.269. The minimum Gasteiger partial charge on any atom is -0.505 e. The third kappa shape index (κ3) is 4.69. The van der Waals surface area contributed by atoms with Gasteiger partial charge in [0.15, 0.2) is 0 Å². The number of aromatic nitrogens is 1. The van der Waals surface area contributed by atoms with Crippen LogP contribution in [0.25, 0.3) is 10.9 Å². The van der Waals surface area contributed by atoms with E-state index in [-0.39, 0.29) is 5.75 Å². The van der Waals surface area contributed by atoms with Gasteiger partial charge in [-0.25, -0.2) is 0 Å². The summed E-state index contributed by atoms with van der Waals surface area (Å²) in [6.07, 6.45) is 1.74. The van der Waals surface area contributed by atoms with Crippen molar-refractivity contribution in [3.8, 4) is 5.75 Å². The lowest BCUT2D eigenvalue weighted by Gasteiger charge is -2.19. The van der Waals surface area contributed by atoms with Crippen molar-refractivity contribution in [1.82, 2.24) is 14.8 Å². The number of hydrogen-bond donors (Lipinski definition) is 2. The Morgan fingerprint density at radius 1 is 0.963 bits per heavy atom. The van der Waals surface area contributed by atoms with Crippen molar-refractivity contribution in [1.29, 1.82) is 0 Å². The van der Waals surface area contributed by atoms with Gasteiger partial charge in [0.2, 0.25) is 0 Å². The normalized spacial score (nSPS) is 11.5. The summed E-state index contributed by atoms with van der Waals surface area (Å²) in [5.41, 5.74) is 4.41. The molecule has 2 aromatic carbocycles. The lowest BCUT2D eigenvalue weighted by molar-refractivity contribution is 0.382. The highest BCUT2D eigenvalue weighted by Crippen LogP contribution is 2.35. The monoisotopic (exact) mass is 384 g/mol. The van der Waals surface area contributed by atoms with Crippen molar-refractivity contribution in [2.45, 2.75) is 13.1 Å². The summed E-state index contributed by atoms with van der Waals surface area (Å²) in [6, 6.07) is 11.6. The maximum Gasteiger partial charge on any atom is 0.143 e. The van der Waals surface area contributed by atoms with Gasteiger partial charge in [-0.1, -0.05) is 11.6 Å². The Labute approximate surface area is 165 Å². The second kappa shape index (κ2) is 8.13. The summed E-state index contributed by atoms with van der Waals surface area (Å²) in [5, 5.41) is 15.8. The molecule has 0 saturated heterocycles. The van der Waals surface area contributed by atoms with E-state index in [9.17, 15) is 5.11 Å². The Morgan fingerprint density at radius 2 is 1.70 bits per heavy atom. The van der Waals surface area contributed by atoms with Crippen molar-refractivity contribution in [3.05, 3.63) is 58.7 Å². The molecular weight excluding hydrogens is 360 g/mol. The molecule has 1 heterocycles. The number of phenols is 1. The topological polar surface area (TPSA) is 51.6 Å². The van der Waals surface area contributed by atoms with Crippen LogP contribution in [-0.4, -0.2) is 48.1 Å². The van der Waals surface area contributed by atoms with E-state index in [0.29, 0.717) is 17.3 Å². The molecule has 5 nitrogen and oxygen atoms in total. The summed E-state index contributed by atoms with van der Waals surface area (Å²) in [5.74, 6) is 0.269. The summed E-state index contributed by atoms with van der Waals surface area (Å²) >= 11 is 6.09. The van der Waals surface area contributed by atoms with Gasteiger partial charge in [-0.15, -0.1) is 0 Å². The number of pyridine rings is 1. The van der Waals surface area contributed by atoms with E-state index in [0.717, 1.165) is 34.3 Å². The highest BCUT2D eigenvalue weighted by molar-refractivity contribution is 6.31. The lowest BCUT2D eigenvalue weighted by atomic mass is 10.1. The number of rotatable bonds is 6. The smallest absolute Gasteiger partial charge is 0.143 e. The molecule has 3 aromatic rings. The predicted molar refractivity (Wildman–Crippen MR) is 113 cm³/mol. The van der Waals surface area contributed by atoms with Crippen LogP contribution in [0.3, 0.4) is 0 Å². The number of nitrogens with one attached hydrogen (secondary N) is 1. The zero-order chi connectivity index (χ0) is 19.6. The Balaban J connectivity index is 2.05. The summed E-state index contributed by atoms with van der Waals surface area (Å²) < 4.78 is 0. The molecule has 3 rings (SSSR count). The summed E-state index contributed by atoms with van der Waals surface area (Å²) in [6.45, 7) is 1.45. The van der Waals surface area contributed by atoms with Gasteiger partial charge in [0.05, 0.1) is 11.2 Å². The summed E-state index contributed by atoms with van der Waals surface area (Å²) in [7, 11) is 8.05. The van der Waals surface area contributed by atoms with Gasteiger partial charge in [-0.05, 0) is 70.2 Å². The van der Waals surface area contributed by atoms with Gasteiger partial charge in [0.25, 0.3) is 0 Å². The quantitative estimate of drug-likeness (QED) is 0.614. The van der Waals surface area contributed by atoms with Crippen LogP contribution < -0.4 is 5.32 Å². The third-order valence-electron chi connectivity index (χ3n) is 4.21. The second-order valence-corrected chi connectivity index (χ2v) is 7.71. The van der Waals surface area contributed by atoms with Crippen LogP contribution in [0, 0.1) is 0 Å². The SMILES string of the molecule is CN(C)Cc1cc(CN(C)C)c(O)c(Nc2ccnc3cc(Cl)ccc23)c1. The Morgan fingerprint density at radius 3 is 2.41 bits per heavy atom. The fourth-order valence-electron chi connectivity index (χ4n) is 3.15. The second-order valence-electron chi connectivity index (χ2n) is 7.27. The number of anilines is 2. The number of benzene rings is 2. The molecule has 0 aliphatic carbocycles. The van der Waals surface area contributed by atoms with Gasteiger partial charge in [-0.2, -0.15) is 0 Å². The van der Waals surface area contributed by atoms with Crippen LogP contribution in [0.1, 0.15) is 11.1 Å². The average molecular weight is 385 g/mol. The molecular formula is C21H25ClN4O. The third-order valence-corrected chi connectivity index (χ3v) is 4.44. The van der Waals surface area contributed by atoms with E-state index in [1.165, 1.54) is 0 Å². The zero-order valence-corrected chi connectivity index (χ0v) is 16.9. The molecule has 0 aliphatic rings. The van der Waals surface area contributed by atoms with E-state index in [4.69, 9.17) is 11.6 Å². The van der Waals surface area contributed by atoms with Crippen LogP contribution in [0.2, 0.25) is 5.02 Å². The van der Waals surface area contributed by atoms with E-state index >= 15 is 0 Å². The molecule has 2 N–H and O–H groups in total. The molecule has 0 bridgehead atoms. The predicted octanol–water partition coefficient (Wildman–Crippen LogP) is 4.46. The van der Waals surface area contributed by atoms with Crippen molar-refractivity contribution < 1.29 is 5.11 Å². The van der Waals surface area contributed by atoms with E-state index in [1.54, 1.807) is 6.20 Å². The van der Waals surface area contributed by atoms with Crippen LogP contribution in [0.4, 0.5) is 11.4 Å². The minimum atomic E-state index is 0.269. The first kappa shape index (κ1) is 19.4. The molecule has 6 heteroatoms. The van der Waals surface area contributed by atoms with Gasteiger partial charge < -0.3 is 20.2 Å². The Kier molecular flexibility index (Phi) is 5.85. The van der Waals surface area contributed by atoms with Gasteiger partial charge >= 0.3 is 0 Å². The maximum atomic E-state index is 10.8. The Bertz CT molecular complexity index is 956. The van der Waals surface area contributed by atoms with Gasteiger partial charge in [0, 0.05) is 40.9 Å². The largest absolute Gasteiger partial charge is 0.505 e. The van der Waals surface area contributed by atoms with Gasteiger partial charge in [0.1, 0.15) is 5.75 Å². The molecule has 0 aliphatic heterocycles. The van der Waals surface area contributed by atoms with Crippen LogP contribution in [0.15, 0.2) is 42.6 Å². The molecule has 0 atom stereocenters. The number of aromatic hydroxyl groups is 1. The fourth-order valence-corrected chi connectivity index (χ4v) is 3.32. The van der Waals surface area contributed by atoms with E-state index in [1.807, 2.05) is 63.4 Å². The number of fused-ring (bicyclic) bond motifs is 1. The number of phenolic OH excluding ortho intramolecular Hbond substituents is 1. The molecule has 1 aromatic heterocycles. The zero-order valence-electron chi connectivity index (χ0n) is 16.1. The molecule has 27 heavy (non-hydrogen) atoms. The number of hydrogen-bond acceptors (Lipinski definition) is 5. The fraction of sp³-hybridized carbons (Fsp3) is 0.286. The van der Waals surface area contributed by atoms with Crippen molar-refractivity contribution in [2.24, 2.45) is 0 Å². The molecule has 0 fully saturated rings. The lowest BCUT2D eigenvalue weighted by Crippen LogP contribution is -2.14. The molecule has 0 saturated carbocycles. The van der Waals surface area contributed by atoms with Gasteiger partial charge in [-0.3, -0.25) is 4.98 Å². The molecule has 142 valence electrons. The molecule has 0 amide bonds. The first-order chi connectivity index (χ1) is 12.8. The van der Waals surface area contributed by atoms with Crippen LogP contribution in [0.5, 0.6) is 5.75 Å². The molecule has 0 spiro atoms. The van der Waals surface area contributed by atoms with Crippen molar-refractivity contribution >= 4 is 33.9 Å². The highest BCUT2D eigenvalue weighted by atomic mass is 35.5. The average Bonchev–Trinajstić information content (AvgIpc) is 2.57. The van der Waals surface area contributed by atoms with E-state index < -0.39 is 0 Å². The maximum absolute atomic E-state index is 10.8. The first-order valence-corrected chi connectivity index (χ1v) is 9.17. The van der Waals surface area contributed by atoms with Crippen molar-refractivity contribution in [2.75, 3.05) is 33.5 Å². The first-order valence-electron chi connectivity index (χ1n) is 8.79. The number of halogens is 1. The highest BCUT2D eigenvalue weighted by Gasteiger charge is 2.13. The Hall–Kier alpha value is -2.34. The van der Waals surface area contributed by atoms with Crippen LogP contribution >= 0.6 is 11.6 Å². The van der Waals surface area contributed by atoms with E-state index in [2.05, 4.69) is 21.3 Å². The standard InChI is InChI=1S/C21H25ClN4O/c1-25(2)12-14-9-15(13-26(3)4)21(27)20(10-14)24-18-7-8-23-19-11-16(22)5-6-17(18)19/h5-11,27H,12-13H2,1-4H3,(H,23,24). The van der Waals surface area contributed by atoms with Crippen LogP contribution in [-0.2, 0) is 13.1 Å². The molecule has 0 radical (unpaired) electrons. The summed E-state index contributed by atoms with van der Waals surface area (Å²) in [4.78, 5) is 8.53. The number of nitrogens with zero attached hydrogens (tertiary/aromatic N) is 3.